The van der Waals surface area contributed by atoms with Crippen LogP contribution in [-0.2, 0) is 6.54 Å². The Morgan fingerprint density at radius 3 is 2.72 bits per heavy atom. The predicted octanol–water partition coefficient (Wildman–Crippen LogP) is 1.16. The summed E-state index contributed by atoms with van der Waals surface area (Å²) in [5, 5.41) is 17.0. The van der Waals surface area contributed by atoms with Gasteiger partial charge in [0.05, 0.1) is 6.54 Å². The van der Waals surface area contributed by atoms with E-state index in [4.69, 9.17) is 9.52 Å². The van der Waals surface area contributed by atoms with Crippen LogP contribution in [0.5, 0.6) is 0 Å². The molecule has 1 fully saturated rings. The highest BCUT2D eigenvalue weighted by Gasteiger charge is 2.27. The lowest BCUT2D eigenvalue weighted by molar-refractivity contribution is 0.0417. The molecule has 1 aromatic carbocycles. The van der Waals surface area contributed by atoms with Gasteiger partial charge in [-0.15, -0.1) is 10.2 Å². The van der Waals surface area contributed by atoms with Crippen LogP contribution in [0.25, 0.3) is 11.5 Å². The maximum Gasteiger partial charge on any atom is 0.247 e. The zero-order chi connectivity index (χ0) is 12.4. The number of aliphatic hydroxyl groups is 1. The Balaban J connectivity index is 1.64. The van der Waals surface area contributed by atoms with Crippen molar-refractivity contribution in [3.8, 4) is 11.5 Å². The second-order valence-corrected chi connectivity index (χ2v) is 4.61. The monoisotopic (exact) mass is 245 g/mol. The van der Waals surface area contributed by atoms with Gasteiger partial charge in [-0.1, -0.05) is 18.2 Å². The maximum absolute atomic E-state index is 8.94. The minimum atomic E-state index is 0.260. The van der Waals surface area contributed by atoms with Gasteiger partial charge in [0.15, 0.2) is 0 Å². The summed E-state index contributed by atoms with van der Waals surface area (Å²) >= 11 is 0. The Morgan fingerprint density at radius 2 is 2.00 bits per heavy atom. The number of aromatic nitrogens is 2. The molecule has 18 heavy (non-hydrogen) atoms. The minimum absolute atomic E-state index is 0.260. The molecule has 1 saturated heterocycles. The Hall–Kier alpha value is -1.72. The van der Waals surface area contributed by atoms with Crippen molar-refractivity contribution in [1.29, 1.82) is 0 Å². The van der Waals surface area contributed by atoms with Crippen molar-refractivity contribution in [2.75, 3.05) is 19.7 Å². The molecule has 1 aromatic heterocycles. The smallest absolute Gasteiger partial charge is 0.247 e. The Labute approximate surface area is 105 Å². The van der Waals surface area contributed by atoms with Crippen LogP contribution in [-0.4, -0.2) is 39.9 Å². The molecule has 2 aromatic rings. The predicted molar refractivity (Wildman–Crippen MR) is 65.6 cm³/mol. The van der Waals surface area contributed by atoms with Gasteiger partial charge in [0.25, 0.3) is 0 Å². The highest BCUT2D eigenvalue weighted by Crippen LogP contribution is 2.20. The van der Waals surface area contributed by atoms with Crippen molar-refractivity contribution in [3.05, 3.63) is 36.2 Å². The van der Waals surface area contributed by atoms with E-state index in [1.807, 2.05) is 30.3 Å². The number of aliphatic hydroxyl groups excluding tert-OH is 1. The van der Waals surface area contributed by atoms with E-state index in [9.17, 15) is 0 Å². The summed E-state index contributed by atoms with van der Waals surface area (Å²) in [7, 11) is 0. The lowest BCUT2D eigenvalue weighted by Crippen LogP contribution is -2.47. The van der Waals surface area contributed by atoms with Gasteiger partial charge >= 0.3 is 0 Å². The average molecular weight is 245 g/mol. The number of likely N-dealkylation sites (tertiary alicyclic amines) is 1. The van der Waals surface area contributed by atoms with Crippen LogP contribution in [0.3, 0.4) is 0 Å². The van der Waals surface area contributed by atoms with E-state index < -0.39 is 0 Å². The van der Waals surface area contributed by atoms with E-state index >= 15 is 0 Å². The van der Waals surface area contributed by atoms with Gasteiger partial charge in [-0.2, -0.15) is 0 Å². The standard InChI is InChI=1S/C13H15N3O2/c17-9-10-6-16(7-10)8-12-14-15-13(18-12)11-4-2-1-3-5-11/h1-5,10,17H,6-9H2. The molecule has 0 bridgehead atoms. The van der Waals surface area contributed by atoms with Crippen LogP contribution in [0.2, 0.25) is 0 Å². The van der Waals surface area contributed by atoms with Gasteiger partial charge in [-0.25, -0.2) is 0 Å². The molecule has 1 aliphatic heterocycles. The zero-order valence-electron chi connectivity index (χ0n) is 9.99. The van der Waals surface area contributed by atoms with Crippen molar-refractivity contribution in [2.24, 2.45) is 5.92 Å². The minimum Gasteiger partial charge on any atom is -0.419 e. The van der Waals surface area contributed by atoms with Crippen LogP contribution in [0.15, 0.2) is 34.7 Å². The van der Waals surface area contributed by atoms with Crippen molar-refractivity contribution in [3.63, 3.8) is 0 Å². The number of rotatable bonds is 4. The third-order valence-corrected chi connectivity index (χ3v) is 3.14. The first-order chi connectivity index (χ1) is 8.85. The molecule has 5 nitrogen and oxygen atoms in total. The van der Waals surface area contributed by atoms with Crippen LogP contribution in [0.4, 0.5) is 0 Å². The van der Waals surface area contributed by atoms with Gasteiger partial charge in [0.2, 0.25) is 11.8 Å². The number of benzene rings is 1. The SMILES string of the molecule is OCC1CN(Cc2nnc(-c3ccccc3)o2)C1. The molecule has 94 valence electrons. The third-order valence-electron chi connectivity index (χ3n) is 3.14. The van der Waals surface area contributed by atoms with Crippen LogP contribution >= 0.6 is 0 Å². The largest absolute Gasteiger partial charge is 0.419 e. The fourth-order valence-electron chi connectivity index (χ4n) is 2.13. The second kappa shape index (κ2) is 4.88. The van der Waals surface area contributed by atoms with E-state index in [1.54, 1.807) is 0 Å². The molecule has 0 amide bonds. The van der Waals surface area contributed by atoms with Gasteiger partial charge in [-0.05, 0) is 12.1 Å². The summed E-state index contributed by atoms with van der Waals surface area (Å²) in [6.45, 7) is 2.73. The van der Waals surface area contributed by atoms with E-state index in [2.05, 4.69) is 15.1 Å². The Bertz CT molecular complexity index is 506. The van der Waals surface area contributed by atoms with Crippen LogP contribution < -0.4 is 0 Å². The second-order valence-electron chi connectivity index (χ2n) is 4.61. The summed E-state index contributed by atoms with van der Waals surface area (Å²) in [5.41, 5.74) is 0.938. The van der Waals surface area contributed by atoms with Gasteiger partial charge < -0.3 is 9.52 Å². The average Bonchev–Trinajstić information content (AvgIpc) is 2.83. The molecule has 1 N–H and O–H groups in total. The van der Waals surface area contributed by atoms with E-state index in [0.29, 0.717) is 24.2 Å². The molecule has 3 rings (SSSR count). The molecular weight excluding hydrogens is 230 g/mol. The fraction of sp³-hybridized carbons (Fsp3) is 0.385. The maximum atomic E-state index is 8.94. The number of nitrogens with zero attached hydrogens (tertiary/aromatic N) is 3. The lowest BCUT2D eigenvalue weighted by Gasteiger charge is -2.37. The molecule has 0 atom stereocenters. The fourth-order valence-corrected chi connectivity index (χ4v) is 2.13. The Morgan fingerprint density at radius 1 is 1.22 bits per heavy atom. The van der Waals surface area contributed by atoms with Crippen LogP contribution in [0, 0.1) is 5.92 Å². The van der Waals surface area contributed by atoms with Gasteiger partial charge in [0, 0.05) is 31.2 Å². The highest BCUT2D eigenvalue weighted by atomic mass is 16.4. The van der Waals surface area contributed by atoms with Crippen molar-refractivity contribution in [1.82, 2.24) is 15.1 Å². The molecule has 0 saturated carbocycles. The molecule has 1 aliphatic rings. The molecule has 5 heteroatoms. The van der Waals surface area contributed by atoms with Crippen LogP contribution in [0.1, 0.15) is 5.89 Å². The first-order valence-corrected chi connectivity index (χ1v) is 6.06. The topological polar surface area (TPSA) is 62.4 Å². The number of hydrogen-bond acceptors (Lipinski definition) is 5. The molecule has 0 aliphatic carbocycles. The van der Waals surface area contributed by atoms with Crippen molar-refractivity contribution in [2.45, 2.75) is 6.54 Å². The lowest BCUT2D eigenvalue weighted by atomic mass is 10.0. The molecule has 2 heterocycles. The first kappa shape index (κ1) is 11.4. The highest BCUT2D eigenvalue weighted by molar-refractivity contribution is 5.51. The molecule has 0 unspecified atom stereocenters. The summed E-state index contributed by atoms with van der Waals surface area (Å²) in [6.07, 6.45) is 0. The van der Waals surface area contributed by atoms with Crippen molar-refractivity contribution >= 4 is 0 Å². The van der Waals surface area contributed by atoms with E-state index in [0.717, 1.165) is 18.7 Å². The van der Waals surface area contributed by atoms with Gasteiger partial charge in [0.1, 0.15) is 0 Å². The van der Waals surface area contributed by atoms with E-state index in [-0.39, 0.29) is 6.61 Å². The van der Waals surface area contributed by atoms with Crippen molar-refractivity contribution < 1.29 is 9.52 Å². The van der Waals surface area contributed by atoms with Gasteiger partial charge in [-0.3, -0.25) is 4.90 Å². The first-order valence-electron chi connectivity index (χ1n) is 6.06. The zero-order valence-corrected chi connectivity index (χ0v) is 9.99. The van der Waals surface area contributed by atoms with E-state index in [1.165, 1.54) is 0 Å². The normalized spacial score (nSPS) is 16.7. The summed E-state index contributed by atoms with van der Waals surface area (Å²) in [5.74, 6) is 1.59. The summed E-state index contributed by atoms with van der Waals surface area (Å²) in [4.78, 5) is 2.18. The molecule has 0 radical (unpaired) electrons. The summed E-state index contributed by atoms with van der Waals surface area (Å²) in [6, 6.07) is 9.74. The quantitative estimate of drug-likeness (QED) is 0.875. The number of hydrogen-bond donors (Lipinski definition) is 1. The summed E-state index contributed by atoms with van der Waals surface area (Å²) < 4.78 is 5.62. The Kier molecular flexibility index (Phi) is 3.08. The third kappa shape index (κ3) is 2.27. The molecular formula is C13H15N3O2. The molecule has 0 spiro atoms.